The summed E-state index contributed by atoms with van der Waals surface area (Å²) in [6, 6.07) is 0. The maximum Gasteiger partial charge on any atom is 0.308 e. The molecule has 52 heavy (non-hydrogen) atoms. The number of ether oxygens (including phenoxy) is 9. The largest absolute Gasteiger partial charge is 0.463 e. The van der Waals surface area contributed by atoms with Gasteiger partial charge in [-0.2, -0.15) is 0 Å². The van der Waals surface area contributed by atoms with Gasteiger partial charge in [0.15, 0.2) is 0 Å². The second-order valence-electron chi connectivity index (χ2n) is 13.6. The van der Waals surface area contributed by atoms with Gasteiger partial charge >= 0.3 is 5.97 Å². The fraction of sp³-hybridized carbons (Fsp3) is 0.976. The molecule has 0 heterocycles. The smallest absolute Gasteiger partial charge is 0.308 e. The van der Waals surface area contributed by atoms with Crippen LogP contribution < -0.4 is 0 Å². The summed E-state index contributed by atoms with van der Waals surface area (Å²) in [6.45, 7) is 15.4. The van der Waals surface area contributed by atoms with Gasteiger partial charge in [0.25, 0.3) is 0 Å². The third-order valence-electron chi connectivity index (χ3n) is 8.95. The van der Waals surface area contributed by atoms with Crippen LogP contribution in [0.3, 0.4) is 0 Å². The van der Waals surface area contributed by atoms with Crippen molar-refractivity contribution >= 4 is 5.97 Å². The molecule has 0 aliphatic rings. The first kappa shape index (κ1) is 51.1. The maximum absolute atomic E-state index is 12.0. The molecule has 0 spiro atoms. The van der Waals surface area contributed by atoms with Gasteiger partial charge in [-0.25, -0.2) is 0 Å². The van der Waals surface area contributed by atoms with E-state index in [9.17, 15) is 4.79 Å². The third kappa shape index (κ3) is 41.9. The number of carbonyl (C=O) groups is 1. The summed E-state index contributed by atoms with van der Waals surface area (Å²) in [5.41, 5.74) is 0. The van der Waals surface area contributed by atoms with Crippen LogP contribution in [0.1, 0.15) is 149 Å². The summed E-state index contributed by atoms with van der Waals surface area (Å²) in [7, 11) is 0. The lowest BCUT2D eigenvalue weighted by Gasteiger charge is -2.13. The molecule has 0 rings (SSSR count). The highest BCUT2D eigenvalue weighted by Crippen LogP contribution is 2.15. The molecule has 0 aliphatic carbocycles. The first-order valence-electron chi connectivity index (χ1n) is 21.5. The van der Waals surface area contributed by atoms with Gasteiger partial charge in [0.2, 0.25) is 0 Å². The Morgan fingerprint density at radius 1 is 0.327 bits per heavy atom. The summed E-state index contributed by atoms with van der Waals surface area (Å²) >= 11 is 0. The predicted molar refractivity (Wildman–Crippen MR) is 210 cm³/mol. The van der Waals surface area contributed by atoms with Crippen molar-refractivity contribution in [1.82, 2.24) is 0 Å². The minimum Gasteiger partial charge on any atom is -0.463 e. The van der Waals surface area contributed by atoms with Crippen molar-refractivity contribution in [2.24, 2.45) is 5.92 Å². The van der Waals surface area contributed by atoms with E-state index in [0.29, 0.717) is 99.1 Å². The van der Waals surface area contributed by atoms with Gasteiger partial charge in [-0.3, -0.25) is 4.79 Å². The highest BCUT2D eigenvalue weighted by atomic mass is 16.6. The number of hydrogen-bond acceptors (Lipinski definition) is 10. The Hall–Kier alpha value is -0.850. The predicted octanol–water partition coefficient (Wildman–Crippen LogP) is 9.14. The zero-order valence-corrected chi connectivity index (χ0v) is 34.3. The molecular weight excluding hydrogens is 664 g/mol. The van der Waals surface area contributed by atoms with E-state index in [4.69, 9.17) is 42.6 Å². The molecule has 0 fully saturated rings. The molecule has 1 atom stereocenters. The fourth-order valence-corrected chi connectivity index (χ4v) is 5.65. The lowest BCUT2D eigenvalue weighted by atomic mass is 10.00. The molecule has 0 aromatic rings. The number of unbranched alkanes of at least 4 members (excludes halogenated alkanes) is 16. The van der Waals surface area contributed by atoms with Crippen molar-refractivity contribution < 1.29 is 47.4 Å². The van der Waals surface area contributed by atoms with Crippen LogP contribution in [0.15, 0.2) is 0 Å². The Kier molecular flexibility index (Phi) is 45.5. The number of rotatable bonds is 46. The summed E-state index contributed by atoms with van der Waals surface area (Å²) in [5, 5.41) is 0. The molecule has 312 valence electrons. The van der Waals surface area contributed by atoms with Crippen molar-refractivity contribution in [2.45, 2.75) is 149 Å². The molecular formula is C42H84O10. The topological polar surface area (TPSA) is 100 Å². The molecule has 10 nitrogen and oxygen atoms in total. The maximum atomic E-state index is 12.0. The number of hydrogen-bond donors (Lipinski definition) is 0. The zero-order valence-electron chi connectivity index (χ0n) is 34.3. The quantitative estimate of drug-likeness (QED) is 0.0443. The molecule has 0 saturated carbocycles. The highest BCUT2D eigenvalue weighted by Gasteiger charge is 2.17. The first-order chi connectivity index (χ1) is 25.8. The number of carbonyl (C=O) groups excluding carboxylic acids is 1. The molecule has 0 aliphatic heterocycles. The van der Waals surface area contributed by atoms with E-state index in [2.05, 4.69) is 13.8 Å². The average molecular weight is 749 g/mol. The van der Waals surface area contributed by atoms with E-state index >= 15 is 0 Å². The summed E-state index contributed by atoms with van der Waals surface area (Å²) in [4.78, 5) is 12.0. The summed E-state index contributed by atoms with van der Waals surface area (Å²) in [6.07, 6.45) is 26.0. The zero-order chi connectivity index (χ0) is 37.7. The van der Waals surface area contributed by atoms with Crippen molar-refractivity contribution in [2.75, 3.05) is 112 Å². The fourth-order valence-electron chi connectivity index (χ4n) is 5.65. The Morgan fingerprint density at radius 3 is 0.904 bits per heavy atom. The van der Waals surface area contributed by atoms with Crippen LogP contribution in [0, 0.1) is 5.92 Å². The first-order valence-corrected chi connectivity index (χ1v) is 21.5. The minimum absolute atomic E-state index is 0.00278. The Morgan fingerprint density at radius 2 is 0.596 bits per heavy atom. The van der Waals surface area contributed by atoms with Gasteiger partial charge < -0.3 is 42.6 Å². The van der Waals surface area contributed by atoms with Crippen molar-refractivity contribution in [3.63, 3.8) is 0 Å². The van der Waals surface area contributed by atoms with E-state index in [1.54, 1.807) is 0 Å². The van der Waals surface area contributed by atoms with E-state index < -0.39 is 0 Å². The Labute approximate surface area is 320 Å². The molecule has 0 N–H and O–H groups in total. The molecule has 0 saturated heterocycles. The van der Waals surface area contributed by atoms with Gasteiger partial charge in [-0.1, -0.05) is 130 Å². The molecule has 1 unspecified atom stereocenters. The third-order valence-corrected chi connectivity index (χ3v) is 8.95. The highest BCUT2D eigenvalue weighted by molar-refractivity contribution is 5.72. The Balaban J connectivity index is 3.12. The SMILES string of the molecule is CCCCCCCCCCCCCCCCCCOCCOCCOCCOCCOCCOCCOCCOCCOC(=O)C(CC)CCCC. The van der Waals surface area contributed by atoms with E-state index in [-0.39, 0.29) is 18.5 Å². The van der Waals surface area contributed by atoms with Crippen molar-refractivity contribution in [3.05, 3.63) is 0 Å². The summed E-state index contributed by atoms with van der Waals surface area (Å²) in [5.74, 6) is -0.110. The van der Waals surface area contributed by atoms with Crippen LogP contribution in [0.2, 0.25) is 0 Å². The van der Waals surface area contributed by atoms with Gasteiger partial charge in [0.05, 0.1) is 105 Å². The van der Waals surface area contributed by atoms with Crippen LogP contribution >= 0.6 is 0 Å². The van der Waals surface area contributed by atoms with Gasteiger partial charge in [-0.05, 0) is 19.3 Å². The van der Waals surface area contributed by atoms with Crippen LogP contribution in [-0.2, 0) is 47.4 Å². The average Bonchev–Trinajstić information content (AvgIpc) is 3.15. The second-order valence-corrected chi connectivity index (χ2v) is 13.6. The lowest BCUT2D eigenvalue weighted by Crippen LogP contribution is -2.20. The molecule has 0 amide bonds. The van der Waals surface area contributed by atoms with Crippen molar-refractivity contribution in [1.29, 1.82) is 0 Å². The minimum atomic E-state index is -0.112. The molecule has 0 aromatic heterocycles. The van der Waals surface area contributed by atoms with E-state index in [0.717, 1.165) is 38.7 Å². The van der Waals surface area contributed by atoms with Crippen LogP contribution in [-0.4, -0.2) is 118 Å². The van der Waals surface area contributed by atoms with Crippen molar-refractivity contribution in [3.8, 4) is 0 Å². The van der Waals surface area contributed by atoms with E-state index in [1.807, 2.05) is 6.92 Å². The van der Waals surface area contributed by atoms with Crippen LogP contribution in [0.5, 0.6) is 0 Å². The molecule has 0 aromatic carbocycles. The Bertz CT molecular complexity index is 669. The lowest BCUT2D eigenvalue weighted by molar-refractivity contribution is -0.150. The second kappa shape index (κ2) is 46.3. The van der Waals surface area contributed by atoms with Gasteiger partial charge in [-0.15, -0.1) is 0 Å². The molecule has 0 bridgehead atoms. The van der Waals surface area contributed by atoms with Gasteiger partial charge in [0, 0.05) is 6.61 Å². The number of esters is 1. The van der Waals surface area contributed by atoms with Gasteiger partial charge in [0.1, 0.15) is 6.61 Å². The van der Waals surface area contributed by atoms with Crippen LogP contribution in [0.4, 0.5) is 0 Å². The standard InChI is InChI=1S/C42H84O10/c1-4-7-9-10-11-12-13-14-15-16-17-18-19-20-21-22-24-44-25-26-45-27-28-46-29-30-47-31-32-48-33-34-49-35-36-50-37-38-51-39-40-52-42(43)41(6-3)23-8-5-2/h41H,4-40H2,1-3H3. The van der Waals surface area contributed by atoms with Crippen LogP contribution in [0.25, 0.3) is 0 Å². The monoisotopic (exact) mass is 749 g/mol. The molecule has 0 radical (unpaired) electrons. The van der Waals surface area contributed by atoms with E-state index in [1.165, 1.54) is 96.3 Å². The normalized spacial score (nSPS) is 12.1. The summed E-state index contributed by atoms with van der Waals surface area (Å²) < 4.78 is 49.6. The molecule has 10 heteroatoms.